The zero-order valence-corrected chi connectivity index (χ0v) is 18.2. The van der Waals surface area contributed by atoms with Gasteiger partial charge in [-0.05, 0) is 43.2 Å². The van der Waals surface area contributed by atoms with Crippen molar-refractivity contribution in [3.05, 3.63) is 59.7 Å². The van der Waals surface area contributed by atoms with Gasteiger partial charge in [-0.25, -0.2) is 0 Å². The van der Waals surface area contributed by atoms with Crippen LogP contribution in [0.5, 0.6) is 11.5 Å². The monoisotopic (exact) mass is 412 g/mol. The van der Waals surface area contributed by atoms with E-state index in [1.807, 2.05) is 62.4 Å². The van der Waals surface area contributed by atoms with E-state index in [2.05, 4.69) is 20.9 Å². The van der Waals surface area contributed by atoms with Crippen LogP contribution in [0.2, 0.25) is 0 Å². The molecule has 2 aromatic rings. The average Bonchev–Trinajstić information content (AvgIpc) is 2.77. The molecule has 162 valence electrons. The number of aliphatic imine (C=N–C) groups is 1. The molecule has 0 heterocycles. The zero-order chi connectivity index (χ0) is 21.8. The van der Waals surface area contributed by atoms with Crippen LogP contribution in [-0.4, -0.2) is 45.2 Å². The van der Waals surface area contributed by atoms with E-state index in [4.69, 9.17) is 9.47 Å². The molecule has 0 saturated heterocycles. The van der Waals surface area contributed by atoms with Gasteiger partial charge in [0.05, 0.1) is 13.7 Å². The van der Waals surface area contributed by atoms with Gasteiger partial charge < -0.3 is 25.4 Å². The highest BCUT2D eigenvalue weighted by Crippen LogP contribution is 2.19. The second kappa shape index (κ2) is 12.4. The van der Waals surface area contributed by atoms with E-state index < -0.39 is 0 Å². The van der Waals surface area contributed by atoms with E-state index >= 15 is 0 Å². The molecular formula is C23H32N4O3. The van der Waals surface area contributed by atoms with Crippen LogP contribution in [0.25, 0.3) is 0 Å². The number of guanidine groups is 1. The molecule has 0 aromatic heterocycles. The van der Waals surface area contributed by atoms with Crippen LogP contribution in [0.3, 0.4) is 0 Å². The Labute approximate surface area is 178 Å². The van der Waals surface area contributed by atoms with Gasteiger partial charge in [0.15, 0.2) is 5.96 Å². The lowest BCUT2D eigenvalue weighted by Crippen LogP contribution is -2.41. The zero-order valence-electron chi connectivity index (χ0n) is 18.2. The Morgan fingerprint density at radius 2 is 1.83 bits per heavy atom. The SMILES string of the molecule is CCCNC(=O)c1cccc(CNC(=NC)NCC(C)Oc2cccc(OC)c2)c1. The Balaban J connectivity index is 1.82. The van der Waals surface area contributed by atoms with E-state index in [9.17, 15) is 4.79 Å². The van der Waals surface area contributed by atoms with Crippen molar-refractivity contribution in [1.82, 2.24) is 16.0 Å². The van der Waals surface area contributed by atoms with Crippen LogP contribution in [0, 0.1) is 0 Å². The van der Waals surface area contributed by atoms with Gasteiger partial charge in [-0.3, -0.25) is 9.79 Å². The number of rotatable bonds is 10. The van der Waals surface area contributed by atoms with Gasteiger partial charge in [0.1, 0.15) is 17.6 Å². The molecule has 7 nitrogen and oxygen atoms in total. The summed E-state index contributed by atoms with van der Waals surface area (Å²) in [6, 6.07) is 15.1. The summed E-state index contributed by atoms with van der Waals surface area (Å²) >= 11 is 0. The van der Waals surface area contributed by atoms with Crippen molar-refractivity contribution in [2.45, 2.75) is 32.9 Å². The predicted octanol–water partition coefficient (Wildman–Crippen LogP) is 2.97. The molecule has 0 aliphatic carbocycles. The summed E-state index contributed by atoms with van der Waals surface area (Å²) in [6.45, 7) is 5.82. The summed E-state index contributed by atoms with van der Waals surface area (Å²) in [7, 11) is 3.35. The molecule has 1 atom stereocenters. The fraction of sp³-hybridized carbons (Fsp3) is 0.391. The summed E-state index contributed by atoms with van der Waals surface area (Å²) in [5.74, 6) is 2.13. The molecule has 0 bridgehead atoms. The van der Waals surface area contributed by atoms with Crippen LogP contribution in [-0.2, 0) is 6.54 Å². The van der Waals surface area contributed by atoms with E-state index in [0.29, 0.717) is 31.2 Å². The Kier molecular flexibility index (Phi) is 9.51. The lowest BCUT2D eigenvalue weighted by molar-refractivity contribution is 0.0953. The molecule has 7 heteroatoms. The molecule has 2 aromatic carbocycles. The largest absolute Gasteiger partial charge is 0.497 e. The van der Waals surface area contributed by atoms with Crippen molar-refractivity contribution in [3.8, 4) is 11.5 Å². The highest BCUT2D eigenvalue weighted by Gasteiger charge is 2.08. The predicted molar refractivity (Wildman–Crippen MR) is 120 cm³/mol. The Bertz CT molecular complexity index is 839. The number of ether oxygens (including phenoxy) is 2. The minimum absolute atomic E-state index is 0.0512. The van der Waals surface area contributed by atoms with E-state index in [1.54, 1.807) is 14.2 Å². The number of nitrogens with one attached hydrogen (secondary N) is 3. The van der Waals surface area contributed by atoms with Gasteiger partial charge >= 0.3 is 0 Å². The Hall–Kier alpha value is -3.22. The first kappa shape index (κ1) is 23.1. The molecular weight excluding hydrogens is 380 g/mol. The van der Waals surface area contributed by atoms with Crippen LogP contribution in [0.4, 0.5) is 0 Å². The van der Waals surface area contributed by atoms with E-state index in [-0.39, 0.29) is 12.0 Å². The molecule has 1 unspecified atom stereocenters. The van der Waals surface area contributed by atoms with Crippen molar-refractivity contribution >= 4 is 11.9 Å². The van der Waals surface area contributed by atoms with Gasteiger partial charge in [0, 0.05) is 31.8 Å². The molecule has 3 N–H and O–H groups in total. The molecule has 0 saturated carbocycles. The third kappa shape index (κ3) is 7.66. The fourth-order valence-corrected chi connectivity index (χ4v) is 2.76. The van der Waals surface area contributed by atoms with Gasteiger partial charge in [-0.15, -0.1) is 0 Å². The maximum Gasteiger partial charge on any atom is 0.251 e. The van der Waals surface area contributed by atoms with Crippen molar-refractivity contribution in [2.75, 3.05) is 27.2 Å². The molecule has 0 aliphatic rings. The minimum atomic E-state index is -0.0683. The molecule has 2 rings (SSSR count). The summed E-state index contributed by atoms with van der Waals surface area (Å²) in [5, 5.41) is 9.42. The van der Waals surface area contributed by atoms with Gasteiger partial charge in [0.25, 0.3) is 5.91 Å². The third-order valence-electron chi connectivity index (χ3n) is 4.34. The normalized spacial score (nSPS) is 12.1. The van der Waals surface area contributed by atoms with E-state index in [1.165, 1.54) is 0 Å². The van der Waals surface area contributed by atoms with Crippen LogP contribution >= 0.6 is 0 Å². The summed E-state index contributed by atoms with van der Waals surface area (Å²) in [5.41, 5.74) is 1.66. The topological polar surface area (TPSA) is 84.0 Å². The Morgan fingerprint density at radius 1 is 1.07 bits per heavy atom. The first-order chi connectivity index (χ1) is 14.5. The number of hydrogen-bond donors (Lipinski definition) is 3. The minimum Gasteiger partial charge on any atom is -0.497 e. The molecule has 0 aliphatic heterocycles. The van der Waals surface area contributed by atoms with Crippen molar-refractivity contribution in [3.63, 3.8) is 0 Å². The molecule has 0 radical (unpaired) electrons. The maximum atomic E-state index is 12.1. The fourth-order valence-electron chi connectivity index (χ4n) is 2.76. The number of nitrogens with zero attached hydrogens (tertiary/aromatic N) is 1. The lowest BCUT2D eigenvalue weighted by Gasteiger charge is -2.18. The number of benzene rings is 2. The standard InChI is InChI=1S/C23H32N4O3/c1-5-12-25-22(28)19-9-6-8-18(13-19)16-27-23(24-3)26-15-17(2)30-21-11-7-10-20(14-21)29-4/h6-11,13-14,17H,5,12,15-16H2,1-4H3,(H,25,28)(H2,24,26,27). The van der Waals surface area contributed by atoms with Gasteiger partial charge in [-0.1, -0.05) is 25.1 Å². The van der Waals surface area contributed by atoms with Crippen molar-refractivity contribution < 1.29 is 14.3 Å². The first-order valence-corrected chi connectivity index (χ1v) is 10.2. The third-order valence-corrected chi connectivity index (χ3v) is 4.34. The number of carbonyl (C=O) groups is 1. The molecule has 0 fully saturated rings. The highest BCUT2D eigenvalue weighted by atomic mass is 16.5. The van der Waals surface area contributed by atoms with Crippen LogP contribution in [0.1, 0.15) is 36.2 Å². The molecule has 0 spiro atoms. The smallest absolute Gasteiger partial charge is 0.251 e. The van der Waals surface area contributed by atoms with Gasteiger partial charge in [0.2, 0.25) is 0 Å². The second-order valence-electron chi connectivity index (χ2n) is 6.87. The van der Waals surface area contributed by atoms with Crippen molar-refractivity contribution in [2.24, 2.45) is 4.99 Å². The van der Waals surface area contributed by atoms with Crippen LogP contribution in [0.15, 0.2) is 53.5 Å². The lowest BCUT2D eigenvalue weighted by atomic mass is 10.1. The summed E-state index contributed by atoms with van der Waals surface area (Å²) in [6.07, 6.45) is 0.843. The highest BCUT2D eigenvalue weighted by molar-refractivity contribution is 5.94. The summed E-state index contributed by atoms with van der Waals surface area (Å²) in [4.78, 5) is 16.4. The van der Waals surface area contributed by atoms with Crippen LogP contribution < -0.4 is 25.4 Å². The first-order valence-electron chi connectivity index (χ1n) is 10.2. The maximum absolute atomic E-state index is 12.1. The quantitative estimate of drug-likeness (QED) is 0.413. The average molecular weight is 413 g/mol. The van der Waals surface area contributed by atoms with E-state index in [0.717, 1.165) is 23.5 Å². The number of hydrogen-bond acceptors (Lipinski definition) is 4. The summed E-state index contributed by atoms with van der Waals surface area (Å²) < 4.78 is 11.1. The number of amides is 1. The molecule has 1 amide bonds. The molecule has 30 heavy (non-hydrogen) atoms. The van der Waals surface area contributed by atoms with Crippen molar-refractivity contribution in [1.29, 1.82) is 0 Å². The number of carbonyl (C=O) groups excluding carboxylic acids is 1. The van der Waals surface area contributed by atoms with Gasteiger partial charge in [-0.2, -0.15) is 0 Å². The second-order valence-corrected chi connectivity index (χ2v) is 6.87. The number of methoxy groups -OCH3 is 1. The Morgan fingerprint density at radius 3 is 2.57 bits per heavy atom.